The third kappa shape index (κ3) is 3.45. The van der Waals surface area contributed by atoms with E-state index in [9.17, 15) is 18.0 Å². The normalized spacial score (nSPS) is 23.2. The fourth-order valence-electron chi connectivity index (χ4n) is 3.86. The number of amides is 1. The van der Waals surface area contributed by atoms with Crippen molar-refractivity contribution in [2.24, 2.45) is 4.99 Å². The largest absolute Gasteiger partial charge is 0.442 e. The highest BCUT2D eigenvalue weighted by Crippen LogP contribution is 2.42. The molecule has 1 fully saturated rings. The molecular weight excluding hydrogens is 383 g/mol. The number of aliphatic imine (C=N–C) groups is 1. The zero-order chi connectivity index (χ0) is 20.5. The van der Waals surface area contributed by atoms with E-state index in [1.165, 1.54) is 23.4 Å². The Morgan fingerprint density at radius 1 is 1.00 bits per heavy atom. The molecule has 2 aliphatic rings. The van der Waals surface area contributed by atoms with Crippen molar-refractivity contribution in [1.29, 1.82) is 0 Å². The van der Waals surface area contributed by atoms with Crippen molar-refractivity contribution in [2.75, 3.05) is 5.32 Å². The van der Waals surface area contributed by atoms with E-state index in [0.717, 1.165) is 19.3 Å². The first-order valence-electron chi connectivity index (χ1n) is 9.53. The summed E-state index contributed by atoms with van der Waals surface area (Å²) in [6.07, 6.45) is 1.67. The van der Waals surface area contributed by atoms with Crippen LogP contribution < -0.4 is 5.32 Å². The lowest BCUT2D eigenvalue weighted by Crippen LogP contribution is -2.59. The molecular formula is C20H20F3N5O. The van der Waals surface area contributed by atoms with Gasteiger partial charge in [-0.3, -0.25) is 9.69 Å². The molecule has 0 unspecified atom stereocenters. The Morgan fingerprint density at radius 3 is 2.28 bits per heavy atom. The number of benzene rings is 1. The van der Waals surface area contributed by atoms with Crippen molar-refractivity contribution < 1.29 is 18.0 Å². The van der Waals surface area contributed by atoms with Gasteiger partial charge in [0.25, 0.3) is 5.91 Å². The molecule has 0 saturated heterocycles. The summed E-state index contributed by atoms with van der Waals surface area (Å²) in [7, 11) is 0. The molecule has 1 aromatic heterocycles. The predicted molar refractivity (Wildman–Crippen MR) is 101 cm³/mol. The molecule has 1 atom stereocenters. The number of halogens is 3. The Morgan fingerprint density at radius 2 is 1.66 bits per heavy atom. The summed E-state index contributed by atoms with van der Waals surface area (Å²) >= 11 is 0. The van der Waals surface area contributed by atoms with Crippen molar-refractivity contribution in [3.05, 3.63) is 54.4 Å². The number of nitrogens with zero attached hydrogens (tertiary/aromatic N) is 4. The van der Waals surface area contributed by atoms with Gasteiger partial charge in [0.2, 0.25) is 5.95 Å². The molecule has 1 aliphatic carbocycles. The van der Waals surface area contributed by atoms with E-state index < -0.39 is 17.7 Å². The quantitative estimate of drug-likeness (QED) is 0.844. The van der Waals surface area contributed by atoms with E-state index in [1.807, 2.05) is 0 Å². The minimum absolute atomic E-state index is 0.0308. The number of carbonyl (C=O) groups excluding carboxylic acids is 1. The van der Waals surface area contributed by atoms with Gasteiger partial charge in [0.1, 0.15) is 5.84 Å². The summed E-state index contributed by atoms with van der Waals surface area (Å²) in [5, 5.41) is 2.19. The molecule has 1 N–H and O–H groups in total. The van der Waals surface area contributed by atoms with Crippen LogP contribution in [0.3, 0.4) is 0 Å². The topological polar surface area (TPSA) is 70.5 Å². The van der Waals surface area contributed by atoms with Crippen molar-refractivity contribution in [2.45, 2.75) is 50.0 Å². The average Bonchev–Trinajstić information content (AvgIpc) is 3.03. The van der Waals surface area contributed by atoms with Crippen LogP contribution in [0.2, 0.25) is 0 Å². The second-order valence-electron chi connectivity index (χ2n) is 7.17. The molecule has 4 rings (SSSR count). The van der Waals surface area contributed by atoms with Gasteiger partial charge in [-0.2, -0.15) is 13.2 Å². The van der Waals surface area contributed by atoms with E-state index >= 15 is 0 Å². The van der Waals surface area contributed by atoms with Gasteiger partial charge < -0.3 is 5.32 Å². The van der Waals surface area contributed by atoms with Crippen LogP contribution in [-0.4, -0.2) is 44.5 Å². The first kappa shape index (κ1) is 19.4. The minimum Gasteiger partial charge on any atom is -0.314 e. The summed E-state index contributed by atoms with van der Waals surface area (Å²) < 4.78 is 42.9. The standard InChI is InChI=1S/C20H20F3N5O/c21-20(22,23)19(27-18-24-12-7-13-25-18)17(29)28(15-10-5-2-6-11-15)16(26-19)14-8-3-1-4-9-14/h1,3-4,7-9,12-13,15H,2,5-6,10-11H2,(H,24,25,27)/t19-/m0/s1. The van der Waals surface area contributed by atoms with Gasteiger partial charge in [-0.25, -0.2) is 15.0 Å². The molecule has 29 heavy (non-hydrogen) atoms. The van der Waals surface area contributed by atoms with Crippen molar-refractivity contribution in [3.63, 3.8) is 0 Å². The molecule has 0 bridgehead atoms. The minimum atomic E-state index is -4.98. The number of amidine groups is 1. The van der Waals surface area contributed by atoms with Crippen LogP contribution >= 0.6 is 0 Å². The monoisotopic (exact) mass is 403 g/mol. The molecule has 1 amide bonds. The van der Waals surface area contributed by atoms with Gasteiger partial charge in [-0.05, 0) is 18.9 Å². The zero-order valence-electron chi connectivity index (χ0n) is 15.6. The Balaban J connectivity index is 1.84. The molecule has 152 valence electrons. The summed E-state index contributed by atoms with van der Waals surface area (Å²) in [6, 6.07) is 9.66. The highest BCUT2D eigenvalue weighted by Gasteiger charge is 2.67. The zero-order valence-corrected chi connectivity index (χ0v) is 15.6. The lowest BCUT2D eigenvalue weighted by Gasteiger charge is -2.34. The summed E-state index contributed by atoms with van der Waals surface area (Å²) in [5.41, 5.74) is -2.69. The van der Waals surface area contributed by atoms with Crippen molar-refractivity contribution in [1.82, 2.24) is 14.9 Å². The van der Waals surface area contributed by atoms with Crippen LogP contribution in [0.1, 0.15) is 37.7 Å². The fourth-order valence-corrected chi connectivity index (χ4v) is 3.86. The average molecular weight is 403 g/mol. The Hall–Kier alpha value is -2.97. The maximum atomic E-state index is 14.3. The van der Waals surface area contributed by atoms with Gasteiger partial charge in [-0.1, -0.05) is 49.6 Å². The first-order chi connectivity index (χ1) is 13.9. The number of hydrogen-bond donors (Lipinski definition) is 1. The van der Waals surface area contributed by atoms with Crippen LogP contribution in [0.25, 0.3) is 0 Å². The lowest BCUT2D eigenvalue weighted by atomic mass is 9.93. The highest BCUT2D eigenvalue weighted by atomic mass is 19.4. The van der Waals surface area contributed by atoms with Gasteiger partial charge in [0, 0.05) is 24.0 Å². The lowest BCUT2D eigenvalue weighted by molar-refractivity contribution is -0.186. The van der Waals surface area contributed by atoms with Gasteiger partial charge in [0.05, 0.1) is 0 Å². The van der Waals surface area contributed by atoms with Crippen LogP contribution in [0, 0.1) is 0 Å². The predicted octanol–water partition coefficient (Wildman–Crippen LogP) is 3.77. The number of rotatable bonds is 4. The maximum Gasteiger partial charge on any atom is 0.442 e. The summed E-state index contributed by atoms with van der Waals surface area (Å²) in [5.74, 6) is -1.41. The first-order valence-corrected chi connectivity index (χ1v) is 9.53. The molecule has 9 heteroatoms. The Kier molecular flexibility index (Phi) is 4.97. The van der Waals surface area contributed by atoms with Crippen LogP contribution in [0.15, 0.2) is 53.8 Å². The molecule has 2 heterocycles. The highest BCUT2D eigenvalue weighted by molar-refractivity contribution is 6.16. The third-order valence-corrected chi connectivity index (χ3v) is 5.27. The smallest absolute Gasteiger partial charge is 0.314 e. The Labute approximate surface area is 165 Å². The number of hydrogen-bond acceptors (Lipinski definition) is 5. The van der Waals surface area contributed by atoms with Gasteiger partial charge >= 0.3 is 11.8 Å². The second kappa shape index (κ2) is 7.46. The molecule has 2 aromatic rings. The Bertz CT molecular complexity index is 897. The second-order valence-corrected chi connectivity index (χ2v) is 7.17. The number of anilines is 1. The van der Waals surface area contributed by atoms with Crippen LogP contribution in [-0.2, 0) is 4.79 Å². The van der Waals surface area contributed by atoms with E-state index in [0.29, 0.717) is 18.4 Å². The van der Waals surface area contributed by atoms with Crippen LogP contribution in [0.4, 0.5) is 19.1 Å². The number of carbonyl (C=O) groups is 1. The number of nitrogens with one attached hydrogen (secondary N) is 1. The number of aromatic nitrogens is 2. The molecule has 1 saturated carbocycles. The number of alkyl halides is 3. The SMILES string of the molecule is O=C1N(C2CCCCC2)C(c2ccccc2)=N[C@@]1(Nc1ncccn1)C(F)(F)F. The fraction of sp³-hybridized carbons (Fsp3) is 0.400. The van der Waals surface area contributed by atoms with E-state index in [-0.39, 0.29) is 17.8 Å². The molecule has 1 aliphatic heterocycles. The third-order valence-electron chi connectivity index (χ3n) is 5.27. The van der Waals surface area contributed by atoms with E-state index in [4.69, 9.17) is 0 Å². The summed E-state index contributed by atoms with van der Waals surface area (Å²) in [6.45, 7) is 0. The van der Waals surface area contributed by atoms with Gasteiger partial charge in [0.15, 0.2) is 0 Å². The van der Waals surface area contributed by atoms with E-state index in [2.05, 4.69) is 20.3 Å². The molecule has 0 radical (unpaired) electrons. The van der Waals surface area contributed by atoms with Crippen molar-refractivity contribution >= 4 is 17.7 Å². The molecule has 6 nitrogen and oxygen atoms in total. The summed E-state index contributed by atoms with van der Waals surface area (Å²) in [4.78, 5) is 26.2. The van der Waals surface area contributed by atoms with E-state index in [1.54, 1.807) is 30.3 Å². The van der Waals surface area contributed by atoms with Gasteiger partial charge in [-0.15, -0.1) is 0 Å². The van der Waals surface area contributed by atoms with Crippen molar-refractivity contribution in [3.8, 4) is 0 Å². The maximum absolute atomic E-state index is 14.3. The van der Waals surface area contributed by atoms with Crippen LogP contribution in [0.5, 0.6) is 0 Å². The molecule has 0 spiro atoms. The molecule has 1 aromatic carbocycles.